The Bertz CT molecular complexity index is 585. The molecule has 0 radical (unpaired) electrons. The van der Waals surface area contributed by atoms with E-state index < -0.39 is 0 Å². The lowest BCUT2D eigenvalue weighted by atomic mass is 10.0. The maximum absolute atomic E-state index is 3.63. The Labute approximate surface area is 135 Å². The summed E-state index contributed by atoms with van der Waals surface area (Å²) < 4.78 is 0. The highest BCUT2D eigenvalue weighted by Gasteiger charge is 2.27. The van der Waals surface area contributed by atoms with Gasteiger partial charge in [-0.3, -0.25) is 0 Å². The van der Waals surface area contributed by atoms with Crippen LogP contribution in [0.4, 0.5) is 5.69 Å². The van der Waals surface area contributed by atoms with Gasteiger partial charge in [-0.05, 0) is 24.2 Å². The molecule has 1 aliphatic heterocycles. The summed E-state index contributed by atoms with van der Waals surface area (Å²) >= 11 is 3.63. The van der Waals surface area contributed by atoms with Gasteiger partial charge < -0.3 is 9.80 Å². The Balaban J connectivity index is 1.98. The van der Waals surface area contributed by atoms with Crippen LogP contribution in [0.15, 0.2) is 54.6 Å². The summed E-state index contributed by atoms with van der Waals surface area (Å²) in [6.07, 6.45) is 0. The van der Waals surface area contributed by atoms with E-state index in [0.717, 1.165) is 25.0 Å². The van der Waals surface area contributed by atoms with E-state index in [1.807, 2.05) is 0 Å². The zero-order chi connectivity index (χ0) is 14.7. The lowest BCUT2D eigenvalue weighted by Crippen LogP contribution is -2.47. The van der Waals surface area contributed by atoms with Crippen molar-refractivity contribution in [1.29, 1.82) is 0 Å². The molecule has 3 rings (SSSR count). The highest BCUT2D eigenvalue weighted by Crippen LogP contribution is 2.33. The molecule has 1 unspecified atom stereocenters. The summed E-state index contributed by atoms with van der Waals surface area (Å²) in [5.74, 6) is 0. The van der Waals surface area contributed by atoms with E-state index in [1.165, 1.54) is 16.8 Å². The molecule has 21 heavy (non-hydrogen) atoms. The molecule has 2 nitrogen and oxygen atoms in total. The third-order valence-electron chi connectivity index (χ3n) is 4.21. The van der Waals surface area contributed by atoms with Crippen molar-refractivity contribution in [2.75, 3.05) is 31.6 Å². The first-order valence-corrected chi connectivity index (χ1v) is 8.55. The van der Waals surface area contributed by atoms with E-state index in [2.05, 4.69) is 87.4 Å². The first kappa shape index (κ1) is 14.6. The number of piperazine rings is 1. The number of hydrogen-bond acceptors (Lipinski definition) is 2. The molecule has 2 aromatic rings. The van der Waals surface area contributed by atoms with Gasteiger partial charge in [0.25, 0.3) is 0 Å². The molecule has 0 bridgehead atoms. The normalized spacial score (nSPS) is 19.7. The molecule has 1 fully saturated rings. The van der Waals surface area contributed by atoms with Gasteiger partial charge >= 0.3 is 0 Å². The fraction of sp³-hybridized carbons (Fsp3) is 0.333. The van der Waals surface area contributed by atoms with Gasteiger partial charge in [0.15, 0.2) is 0 Å². The molecule has 0 N–H and O–H groups in total. The molecule has 3 heteroatoms. The van der Waals surface area contributed by atoms with Crippen molar-refractivity contribution in [2.45, 2.75) is 11.4 Å². The maximum atomic E-state index is 3.63. The minimum absolute atomic E-state index is 0.421. The molecule has 1 saturated heterocycles. The smallest absolute Gasteiger partial charge is 0.0670 e. The van der Waals surface area contributed by atoms with Crippen LogP contribution in [0.3, 0.4) is 0 Å². The number of nitrogens with zero attached hydrogens (tertiary/aromatic N) is 2. The summed E-state index contributed by atoms with van der Waals surface area (Å²) in [6, 6.07) is 20.0. The van der Waals surface area contributed by atoms with E-state index in [0.29, 0.717) is 6.04 Å². The van der Waals surface area contributed by atoms with Crippen LogP contribution in [0, 0.1) is 0 Å². The molecule has 1 atom stereocenters. The van der Waals surface area contributed by atoms with E-state index in [1.54, 1.807) is 0 Å². The summed E-state index contributed by atoms with van der Waals surface area (Å²) in [5, 5.41) is 0.900. The van der Waals surface area contributed by atoms with Crippen LogP contribution in [-0.2, 0) is 5.33 Å². The molecule has 0 amide bonds. The molecule has 0 aliphatic carbocycles. The summed E-state index contributed by atoms with van der Waals surface area (Å²) in [6.45, 7) is 3.25. The monoisotopic (exact) mass is 344 g/mol. The van der Waals surface area contributed by atoms with Gasteiger partial charge in [-0.15, -0.1) is 0 Å². The Morgan fingerprint density at radius 2 is 1.71 bits per heavy atom. The number of hydrogen-bond donors (Lipinski definition) is 0. The van der Waals surface area contributed by atoms with Gasteiger partial charge in [-0.1, -0.05) is 64.5 Å². The van der Waals surface area contributed by atoms with E-state index in [-0.39, 0.29) is 0 Å². The predicted molar refractivity (Wildman–Crippen MR) is 93.1 cm³/mol. The van der Waals surface area contributed by atoms with Gasteiger partial charge in [0.2, 0.25) is 0 Å². The van der Waals surface area contributed by atoms with Crippen LogP contribution < -0.4 is 4.90 Å². The molecule has 2 aromatic carbocycles. The Morgan fingerprint density at radius 3 is 2.48 bits per heavy atom. The zero-order valence-corrected chi connectivity index (χ0v) is 14.0. The van der Waals surface area contributed by atoms with Gasteiger partial charge in [0, 0.05) is 30.7 Å². The number of anilines is 1. The van der Waals surface area contributed by atoms with Crippen LogP contribution in [0.25, 0.3) is 0 Å². The number of alkyl halides is 1. The van der Waals surface area contributed by atoms with E-state index in [9.17, 15) is 0 Å². The van der Waals surface area contributed by atoms with Gasteiger partial charge in [-0.25, -0.2) is 0 Å². The fourth-order valence-corrected chi connectivity index (χ4v) is 3.55. The van der Waals surface area contributed by atoms with Crippen molar-refractivity contribution in [1.82, 2.24) is 4.90 Å². The highest BCUT2D eigenvalue weighted by molar-refractivity contribution is 9.08. The largest absolute Gasteiger partial charge is 0.362 e. The molecule has 110 valence electrons. The van der Waals surface area contributed by atoms with Crippen molar-refractivity contribution in [3.8, 4) is 0 Å². The third-order valence-corrected chi connectivity index (χ3v) is 4.82. The molecule has 0 spiro atoms. The second kappa shape index (κ2) is 6.63. The molecule has 0 aromatic heterocycles. The van der Waals surface area contributed by atoms with Crippen molar-refractivity contribution >= 4 is 21.6 Å². The fourth-order valence-electron chi connectivity index (χ4n) is 3.07. The van der Waals surface area contributed by atoms with Crippen LogP contribution in [0.5, 0.6) is 0 Å². The summed E-state index contributed by atoms with van der Waals surface area (Å²) in [7, 11) is 2.21. The summed E-state index contributed by atoms with van der Waals surface area (Å²) in [4.78, 5) is 4.98. The number of halogens is 1. The second-order valence-corrected chi connectivity index (χ2v) is 6.21. The van der Waals surface area contributed by atoms with Crippen LogP contribution >= 0.6 is 15.9 Å². The average molecular weight is 345 g/mol. The maximum Gasteiger partial charge on any atom is 0.0670 e. The van der Waals surface area contributed by atoms with Crippen molar-refractivity contribution in [3.05, 3.63) is 65.7 Å². The van der Waals surface area contributed by atoms with Crippen molar-refractivity contribution in [2.24, 2.45) is 0 Å². The molecular formula is C18H21BrN2. The lowest BCUT2D eigenvalue weighted by molar-refractivity contribution is 0.269. The number of para-hydroxylation sites is 1. The SMILES string of the molecule is CN1CCN(c2ccccc2CBr)C(c2ccccc2)C1. The first-order valence-electron chi connectivity index (χ1n) is 7.43. The first-order chi connectivity index (χ1) is 10.3. The topological polar surface area (TPSA) is 6.48 Å². The van der Waals surface area contributed by atoms with Crippen LogP contribution in [0.1, 0.15) is 17.2 Å². The van der Waals surface area contributed by atoms with Gasteiger partial charge in [0.05, 0.1) is 6.04 Å². The Kier molecular flexibility index (Phi) is 4.61. The lowest BCUT2D eigenvalue weighted by Gasteiger charge is -2.42. The van der Waals surface area contributed by atoms with Gasteiger partial charge in [0.1, 0.15) is 0 Å². The molecule has 1 heterocycles. The van der Waals surface area contributed by atoms with Crippen molar-refractivity contribution in [3.63, 3.8) is 0 Å². The van der Waals surface area contributed by atoms with E-state index >= 15 is 0 Å². The highest BCUT2D eigenvalue weighted by atomic mass is 79.9. The molecule has 0 saturated carbocycles. The summed E-state index contributed by atoms with van der Waals surface area (Å²) in [5.41, 5.74) is 4.12. The zero-order valence-electron chi connectivity index (χ0n) is 12.4. The number of rotatable bonds is 3. The Morgan fingerprint density at radius 1 is 1.00 bits per heavy atom. The van der Waals surface area contributed by atoms with E-state index in [4.69, 9.17) is 0 Å². The second-order valence-electron chi connectivity index (χ2n) is 5.64. The average Bonchev–Trinajstić information content (AvgIpc) is 2.55. The Hall–Kier alpha value is -1.32. The number of benzene rings is 2. The van der Waals surface area contributed by atoms with Crippen LogP contribution in [-0.4, -0.2) is 31.6 Å². The predicted octanol–water partition coefficient (Wildman–Crippen LogP) is 4.07. The molecule has 1 aliphatic rings. The quantitative estimate of drug-likeness (QED) is 0.774. The van der Waals surface area contributed by atoms with Gasteiger partial charge in [-0.2, -0.15) is 0 Å². The minimum atomic E-state index is 0.421. The third kappa shape index (κ3) is 3.14. The van der Waals surface area contributed by atoms with Crippen LogP contribution in [0.2, 0.25) is 0 Å². The number of likely N-dealkylation sites (N-methyl/N-ethyl adjacent to an activating group) is 1. The molecular weight excluding hydrogens is 324 g/mol. The van der Waals surface area contributed by atoms with Crippen molar-refractivity contribution < 1.29 is 0 Å². The minimum Gasteiger partial charge on any atom is -0.362 e. The standard InChI is InChI=1S/C18H21BrN2/c1-20-11-12-21(17-10-6-5-9-16(17)13-19)18(14-20)15-7-3-2-4-8-15/h2-10,18H,11-14H2,1H3.